The number of non-ortho nitro benzene ring substituents is 1. The maximum atomic E-state index is 12.0. The van der Waals surface area contributed by atoms with Gasteiger partial charge in [-0.3, -0.25) is 14.9 Å². The van der Waals surface area contributed by atoms with Crippen LogP contribution in [0.1, 0.15) is 0 Å². The zero-order chi connectivity index (χ0) is 15.4. The summed E-state index contributed by atoms with van der Waals surface area (Å²) >= 11 is 3.25. The van der Waals surface area contributed by atoms with Gasteiger partial charge in [0.25, 0.3) is 11.6 Å². The van der Waals surface area contributed by atoms with E-state index in [2.05, 4.69) is 28.3 Å². The van der Waals surface area contributed by atoms with Crippen LogP contribution in [0.15, 0.2) is 22.7 Å². The second-order valence-corrected chi connectivity index (χ2v) is 6.21. The number of hydrogen-bond donors (Lipinski definition) is 3. The lowest BCUT2D eigenvalue weighted by molar-refractivity contribution is -0.999. The Balaban J connectivity index is 1.92. The van der Waals surface area contributed by atoms with Crippen molar-refractivity contribution in [1.82, 2.24) is 0 Å². The van der Waals surface area contributed by atoms with Crippen LogP contribution in [-0.2, 0) is 4.79 Å². The van der Waals surface area contributed by atoms with Crippen molar-refractivity contribution in [2.45, 2.75) is 0 Å². The van der Waals surface area contributed by atoms with E-state index in [-0.39, 0.29) is 11.6 Å². The van der Waals surface area contributed by atoms with E-state index in [9.17, 15) is 14.9 Å². The number of nitrogens with zero attached hydrogens (tertiary/aromatic N) is 1. The van der Waals surface area contributed by atoms with Crippen molar-refractivity contribution >= 4 is 33.2 Å². The molecular weight excluding hydrogens is 340 g/mol. The van der Waals surface area contributed by atoms with Gasteiger partial charge >= 0.3 is 0 Å². The van der Waals surface area contributed by atoms with Crippen LogP contribution in [-0.4, -0.2) is 50.6 Å². The van der Waals surface area contributed by atoms with Crippen molar-refractivity contribution in [2.75, 3.05) is 45.1 Å². The molecule has 1 saturated heterocycles. The molecule has 0 atom stereocenters. The van der Waals surface area contributed by atoms with E-state index >= 15 is 0 Å². The van der Waals surface area contributed by atoms with Crippen LogP contribution < -0.4 is 15.1 Å². The topological polar surface area (TPSA) is 81.1 Å². The molecule has 8 heteroatoms. The fourth-order valence-corrected chi connectivity index (χ4v) is 2.81. The summed E-state index contributed by atoms with van der Waals surface area (Å²) in [4.78, 5) is 25.0. The lowest BCUT2D eigenvalue weighted by atomic mass is 10.2. The Bertz CT molecular complexity index is 544. The molecule has 1 heterocycles. The number of rotatable bonds is 4. The number of nitro benzene ring substituents is 1. The number of likely N-dealkylation sites (N-methyl/N-ethyl adjacent to an activating group) is 1. The Morgan fingerprint density at radius 3 is 2.62 bits per heavy atom. The molecule has 1 aromatic carbocycles. The molecule has 0 bridgehead atoms. The second-order valence-electron chi connectivity index (χ2n) is 5.35. The third kappa shape index (κ3) is 4.48. The quantitative estimate of drug-likeness (QED) is 0.462. The van der Waals surface area contributed by atoms with E-state index in [1.54, 1.807) is 6.07 Å². The van der Waals surface area contributed by atoms with E-state index in [1.165, 1.54) is 21.9 Å². The van der Waals surface area contributed by atoms with Gasteiger partial charge in [0.2, 0.25) is 0 Å². The smallest absolute Gasteiger partial charge is 0.279 e. The summed E-state index contributed by atoms with van der Waals surface area (Å²) in [6.45, 7) is 4.55. The normalized spacial score (nSPS) is 21.8. The number of nitro groups is 1. The maximum absolute atomic E-state index is 12.0. The van der Waals surface area contributed by atoms with Crippen molar-refractivity contribution in [2.24, 2.45) is 0 Å². The van der Waals surface area contributed by atoms with E-state index in [4.69, 9.17) is 0 Å². The van der Waals surface area contributed by atoms with Crippen molar-refractivity contribution in [3.63, 3.8) is 0 Å². The van der Waals surface area contributed by atoms with Crippen LogP contribution in [0.2, 0.25) is 0 Å². The number of halogens is 1. The van der Waals surface area contributed by atoms with E-state index < -0.39 is 4.92 Å². The third-order valence-electron chi connectivity index (χ3n) is 3.66. The summed E-state index contributed by atoms with van der Waals surface area (Å²) in [5, 5.41) is 13.5. The summed E-state index contributed by atoms with van der Waals surface area (Å²) in [7, 11) is 2.16. The predicted molar refractivity (Wildman–Crippen MR) is 81.6 cm³/mol. The molecule has 21 heavy (non-hydrogen) atoms. The number of amides is 1. The van der Waals surface area contributed by atoms with Gasteiger partial charge in [-0.15, -0.1) is 0 Å². The van der Waals surface area contributed by atoms with Gasteiger partial charge in [-0.1, -0.05) is 0 Å². The zero-order valence-electron chi connectivity index (χ0n) is 11.8. The molecule has 1 aromatic rings. The number of benzene rings is 1. The van der Waals surface area contributed by atoms with Gasteiger partial charge in [0.05, 0.1) is 17.7 Å². The average Bonchev–Trinajstić information content (AvgIpc) is 2.43. The van der Waals surface area contributed by atoms with Crippen LogP contribution in [0, 0.1) is 10.1 Å². The van der Waals surface area contributed by atoms with Crippen LogP contribution in [0.25, 0.3) is 0 Å². The van der Waals surface area contributed by atoms with E-state index in [1.807, 2.05) is 0 Å². The van der Waals surface area contributed by atoms with Gasteiger partial charge in [0, 0.05) is 16.6 Å². The second kappa shape index (κ2) is 6.97. The zero-order valence-corrected chi connectivity index (χ0v) is 13.4. The predicted octanol–water partition coefficient (Wildman–Crippen LogP) is -1.29. The van der Waals surface area contributed by atoms with Gasteiger partial charge in [-0.2, -0.15) is 0 Å². The molecule has 1 aliphatic rings. The number of quaternary nitrogens is 2. The minimum absolute atomic E-state index is 0.00691. The van der Waals surface area contributed by atoms with Crippen LogP contribution >= 0.6 is 15.9 Å². The molecule has 3 N–H and O–H groups in total. The first kappa shape index (κ1) is 15.9. The highest BCUT2D eigenvalue weighted by atomic mass is 79.9. The summed E-state index contributed by atoms with van der Waals surface area (Å²) in [5.41, 5.74) is 0.553. The highest BCUT2D eigenvalue weighted by Crippen LogP contribution is 2.26. The first-order valence-corrected chi connectivity index (χ1v) is 7.63. The van der Waals surface area contributed by atoms with Gasteiger partial charge in [0.15, 0.2) is 6.54 Å². The Morgan fingerprint density at radius 2 is 2.05 bits per heavy atom. The highest BCUT2D eigenvalue weighted by Gasteiger charge is 2.22. The van der Waals surface area contributed by atoms with E-state index in [0.29, 0.717) is 16.7 Å². The molecular formula is C13H19BrN4O3+2. The summed E-state index contributed by atoms with van der Waals surface area (Å²) in [6, 6.07) is 4.32. The molecule has 1 amide bonds. The molecule has 0 aliphatic carbocycles. The molecule has 0 aromatic heterocycles. The molecule has 0 radical (unpaired) electrons. The fraction of sp³-hybridized carbons (Fsp3) is 0.462. The molecule has 0 unspecified atom stereocenters. The third-order valence-corrected chi connectivity index (χ3v) is 4.31. The molecule has 1 aliphatic heterocycles. The first-order valence-electron chi connectivity index (χ1n) is 6.84. The molecule has 114 valence electrons. The number of hydrogen-bond acceptors (Lipinski definition) is 3. The standard InChI is InChI=1S/C13H17BrN4O3/c1-16-4-6-17(7-5-16)9-13(19)15-12-3-2-10(18(20)21)8-11(12)14/h2-3,8H,4-7,9H2,1H3,(H,15,19)/p+2. The number of nitrogens with one attached hydrogen (secondary N) is 3. The van der Waals surface area contributed by atoms with Gasteiger partial charge < -0.3 is 15.1 Å². The molecule has 0 spiro atoms. The van der Waals surface area contributed by atoms with Gasteiger partial charge in [0.1, 0.15) is 26.2 Å². The van der Waals surface area contributed by atoms with Gasteiger partial charge in [-0.05, 0) is 22.0 Å². The Kier molecular flexibility index (Phi) is 5.27. The number of carbonyl (C=O) groups is 1. The van der Waals surface area contributed by atoms with Crippen LogP contribution in [0.5, 0.6) is 0 Å². The first-order chi connectivity index (χ1) is 9.95. The molecule has 7 nitrogen and oxygen atoms in total. The largest absolute Gasteiger partial charge is 0.328 e. The van der Waals surface area contributed by atoms with Crippen LogP contribution in [0.3, 0.4) is 0 Å². The monoisotopic (exact) mass is 358 g/mol. The Labute approximate surface area is 131 Å². The van der Waals surface area contributed by atoms with Crippen molar-refractivity contribution < 1.29 is 19.5 Å². The fourth-order valence-electron chi connectivity index (χ4n) is 2.35. The van der Waals surface area contributed by atoms with Gasteiger partial charge in [-0.25, -0.2) is 0 Å². The van der Waals surface area contributed by atoms with Crippen molar-refractivity contribution in [1.29, 1.82) is 0 Å². The van der Waals surface area contributed by atoms with Crippen molar-refractivity contribution in [3.05, 3.63) is 32.8 Å². The molecule has 0 saturated carbocycles. The maximum Gasteiger partial charge on any atom is 0.279 e. The van der Waals surface area contributed by atoms with Crippen molar-refractivity contribution in [3.8, 4) is 0 Å². The summed E-state index contributed by atoms with van der Waals surface area (Å²) in [5.74, 6) is -0.0703. The van der Waals surface area contributed by atoms with Crippen LogP contribution in [0.4, 0.5) is 11.4 Å². The summed E-state index contributed by atoms with van der Waals surface area (Å²) < 4.78 is 0.517. The minimum atomic E-state index is -0.465. The lowest BCUT2D eigenvalue weighted by Crippen LogP contribution is -3.27. The lowest BCUT2D eigenvalue weighted by Gasteiger charge is -2.26. The van der Waals surface area contributed by atoms with E-state index in [0.717, 1.165) is 26.2 Å². The SMILES string of the molecule is C[NH+]1CC[NH+](CC(=O)Nc2ccc([N+](=O)[O-])cc2Br)CC1. The number of piperazine rings is 1. The highest BCUT2D eigenvalue weighted by molar-refractivity contribution is 9.10. The Morgan fingerprint density at radius 1 is 1.38 bits per heavy atom. The average molecular weight is 359 g/mol. The Hall–Kier alpha value is -1.51. The minimum Gasteiger partial charge on any atom is -0.328 e. The molecule has 1 fully saturated rings. The number of anilines is 1. The molecule has 2 rings (SSSR count). The summed E-state index contributed by atoms with van der Waals surface area (Å²) in [6.07, 6.45) is 0. The number of carbonyl (C=O) groups excluding carboxylic acids is 1.